The first kappa shape index (κ1) is 17.5. The molecule has 1 saturated heterocycles. The first-order valence-electron chi connectivity index (χ1n) is 7.07. The third-order valence-corrected chi connectivity index (χ3v) is 4.18. The molecule has 2 rings (SSSR count). The van der Waals surface area contributed by atoms with E-state index >= 15 is 0 Å². The molecule has 0 unspecified atom stereocenters. The van der Waals surface area contributed by atoms with Crippen molar-refractivity contribution in [1.29, 1.82) is 0 Å². The lowest BCUT2D eigenvalue weighted by molar-refractivity contribution is 0.232. The third kappa shape index (κ3) is 4.55. The summed E-state index contributed by atoms with van der Waals surface area (Å²) in [6, 6.07) is 1.49. The van der Waals surface area contributed by atoms with Crippen molar-refractivity contribution in [3.63, 3.8) is 0 Å². The molecule has 0 aliphatic carbocycles. The van der Waals surface area contributed by atoms with E-state index in [0.717, 1.165) is 37.3 Å². The number of nitrogens with zero attached hydrogens (tertiary/aromatic N) is 4. The van der Waals surface area contributed by atoms with Crippen molar-refractivity contribution in [3.8, 4) is 5.75 Å². The zero-order valence-electron chi connectivity index (χ0n) is 12.9. The van der Waals surface area contributed by atoms with Gasteiger partial charge in [-0.1, -0.05) is 9.00 Å². The number of nitrogens with one attached hydrogen (secondary N) is 1. The quantitative estimate of drug-likeness (QED) is 0.382. The lowest BCUT2D eigenvalue weighted by atomic mass is 10.0. The van der Waals surface area contributed by atoms with E-state index in [-0.39, 0.29) is 17.0 Å². The highest BCUT2D eigenvalue weighted by Gasteiger charge is 2.19. The average molecular weight is 343 g/mol. The highest BCUT2D eigenvalue weighted by Crippen LogP contribution is 2.36. The van der Waals surface area contributed by atoms with E-state index in [1.54, 1.807) is 6.92 Å². The Hall–Kier alpha value is -1.87. The highest BCUT2D eigenvalue weighted by molar-refractivity contribution is 7.81. The van der Waals surface area contributed by atoms with Gasteiger partial charge in [-0.2, -0.15) is 8.42 Å². The molecule has 1 N–H and O–H groups in total. The van der Waals surface area contributed by atoms with Crippen molar-refractivity contribution < 1.29 is 16.5 Å². The molecule has 1 aliphatic heterocycles. The van der Waals surface area contributed by atoms with Crippen LogP contribution in [0.25, 0.3) is 10.4 Å². The lowest BCUT2D eigenvalue weighted by Gasteiger charge is -2.28. The monoisotopic (exact) mass is 343 g/mol. The van der Waals surface area contributed by atoms with Gasteiger partial charge in [0.15, 0.2) is 0 Å². The van der Waals surface area contributed by atoms with Crippen LogP contribution in [0.2, 0.25) is 0 Å². The Morgan fingerprint density at radius 1 is 1.39 bits per heavy atom. The van der Waals surface area contributed by atoms with E-state index < -0.39 is 10.5 Å². The smallest absolute Gasteiger partial charge is 0.358 e. The predicted octanol–water partition coefficient (Wildman–Crippen LogP) is 2.24. The molecule has 0 spiro atoms. The first-order chi connectivity index (χ1) is 10.8. The largest absolute Gasteiger partial charge is 0.488 e. The number of rotatable bonds is 5. The molecule has 0 amide bonds. The molecule has 0 radical (unpaired) electrons. The number of azide groups is 1. The minimum Gasteiger partial charge on any atom is -0.358 e. The third-order valence-electron chi connectivity index (χ3n) is 3.80. The van der Waals surface area contributed by atoms with Gasteiger partial charge in [-0.05, 0) is 36.6 Å². The van der Waals surface area contributed by atoms with E-state index in [4.69, 9.17) is 5.53 Å². The Labute approximate surface area is 134 Å². The zero-order valence-corrected chi connectivity index (χ0v) is 13.7. The molecule has 126 valence electrons. The second-order valence-electron chi connectivity index (χ2n) is 5.32. The SMILES string of the molecule is Cc1c(CN2CCNCC2)cc(OS(=O)(=O)F)c(C)c1N=[N+]=[N-]. The van der Waals surface area contributed by atoms with Crippen molar-refractivity contribution >= 4 is 16.2 Å². The number of hydrogen-bond acceptors (Lipinski definition) is 6. The molecule has 0 atom stereocenters. The summed E-state index contributed by atoms with van der Waals surface area (Å²) >= 11 is 0. The van der Waals surface area contributed by atoms with Crippen LogP contribution in [0.5, 0.6) is 5.75 Å². The molecular formula is C13H18FN5O3S. The number of hydrogen-bond donors (Lipinski definition) is 1. The summed E-state index contributed by atoms with van der Waals surface area (Å²) in [4.78, 5) is 4.92. The van der Waals surface area contributed by atoms with Gasteiger partial charge in [-0.3, -0.25) is 4.90 Å². The molecule has 1 aromatic carbocycles. The summed E-state index contributed by atoms with van der Waals surface area (Å²) in [6.07, 6.45) is 0. The normalized spacial score (nSPS) is 16.0. The molecule has 0 saturated carbocycles. The summed E-state index contributed by atoms with van der Waals surface area (Å²) in [7, 11) is -5.15. The van der Waals surface area contributed by atoms with E-state index in [2.05, 4.69) is 24.4 Å². The molecule has 8 nitrogen and oxygen atoms in total. The molecule has 0 bridgehead atoms. The van der Waals surface area contributed by atoms with Gasteiger partial charge in [0, 0.05) is 48.9 Å². The average Bonchev–Trinajstić information content (AvgIpc) is 2.48. The summed E-state index contributed by atoms with van der Waals surface area (Å²) in [5.41, 5.74) is 10.7. The van der Waals surface area contributed by atoms with Crippen LogP contribution in [-0.4, -0.2) is 39.5 Å². The van der Waals surface area contributed by atoms with E-state index in [0.29, 0.717) is 6.54 Å². The fraction of sp³-hybridized carbons (Fsp3) is 0.538. The van der Waals surface area contributed by atoms with Gasteiger partial charge in [-0.15, -0.1) is 0 Å². The summed E-state index contributed by atoms with van der Waals surface area (Å²) in [5.74, 6) is -0.161. The summed E-state index contributed by atoms with van der Waals surface area (Å²) < 4.78 is 38.9. The van der Waals surface area contributed by atoms with E-state index in [1.807, 2.05) is 0 Å². The minimum absolute atomic E-state index is 0.161. The first-order valence-corrected chi connectivity index (χ1v) is 8.38. The maximum Gasteiger partial charge on any atom is 0.488 e. The molecule has 1 fully saturated rings. The predicted molar refractivity (Wildman–Crippen MR) is 83.5 cm³/mol. The fourth-order valence-corrected chi connectivity index (χ4v) is 2.98. The molecule has 23 heavy (non-hydrogen) atoms. The van der Waals surface area contributed by atoms with E-state index in [9.17, 15) is 12.3 Å². The van der Waals surface area contributed by atoms with Crippen LogP contribution in [0.3, 0.4) is 0 Å². The molecular weight excluding hydrogens is 325 g/mol. The van der Waals surface area contributed by atoms with Crippen LogP contribution in [0.4, 0.5) is 9.57 Å². The van der Waals surface area contributed by atoms with Crippen LogP contribution < -0.4 is 9.50 Å². The lowest BCUT2D eigenvalue weighted by Crippen LogP contribution is -2.43. The second-order valence-corrected chi connectivity index (χ2v) is 6.28. The van der Waals surface area contributed by atoms with Crippen molar-refractivity contribution in [3.05, 3.63) is 33.2 Å². The van der Waals surface area contributed by atoms with Crippen molar-refractivity contribution in [2.75, 3.05) is 26.2 Å². The summed E-state index contributed by atoms with van der Waals surface area (Å²) in [5, 5.41) is 6.84. The van der Waals surface area contributed by atoms with Gasteiger partial charge in [0.25, 0.3) is 0 Å². The molecule has 0 aromatic heterocycles. The van der Waals surface area contributed by atoms with Crippen LogP contribution in [-0.2, 0) is 17.0 Å². The topological polar surface area (TPSA) is 107 Å². The molecule has 1 aliphatic rings. The maximum absolute atomic E-state index is 12.9. The van der Waals surface area contributed by atoms with Crippen molar-refractivity contribution in [2.24, 2.45) is 5.11 Å². The number of benzene rings is 1. The Bertz CT molecular complexity index is 740. The minimum atomic E-state index is -5.15. The fourth-order valence-electron chi connectivity index (χ4n) is 2.59. The van der Waals surface area contributed by atoms with Gasteiger partial charge < -0.3 is 9.50 Å². The maximum atomic E-state index is 12.9. The van der Waals surface area contributed by atoms with Crippen LogP contribution in [0.1, 0.15) is 16.7 Å². The van der Waals surface area contributed by atoms with E-state index in [1.165, 1.54) is 13.0 Å². The Balaban J connectivity index is 2.45. The van der Waals surface area contributed by atoms with Gasteiger partial charge in [0.2, 0.25) is 0 Å². The standard InChI is InChI=1S/C13H18FN5O3S/c1-9-11(8-19-5-3-16-4-6-19)7-12(22-23(14,20)21)10(2)13(9)17-18-15/h7,16H,3-6,8H2,1-2H3. The number of halogens is 1. The van der Waals surface area contributed by atoms with Crippen LogP contribution in [0.15, 0.2) is 11.2 Å². The second kappa shape index (κ2) is 7.14. The Morgan fingerprint density at radius 3 is 2.61 bits per heavy atom. The number of piperazine rings is 1. The van der Waals surface area contributed by atoms with Crippen molar-refractivity contribution in [1.82, 2.24) is 10.2 Å². The van der Waals surface area contributed by atoms with Gasteiger partial charge >= 0.3 is 10.5 Å². The van der Waals surface area contributed by atoms with Gasteiger partial charge in [0.05, 0.1) is 0 Å². The highest BCUT2D eigenvalue weighted by atomic mass is 32.3. The molecule has 1 aromatic rings. The Kier molecular flexibility index (Phi) is 5.42. The van der Waals surface area contributed by atoms with Crippen LogP contribution >= 0.6 is 0 Å². The van der Waals surface area contributed by atoms with Gasteiger partial charge in [-0.25, -0.2) is 0 Å². The molecule has 10 heteroatoms. The molecule has 1 heterocycles. The zero-order chi connectivity index (χ0) is 17.0. The van der Waals surface area contributed by atoms with Gasteiger partial charge in [0.1, 0.15) is 5.75 Å². The van der Waals surface area contributed by atoms with Crippen molar-refractivity contribution in [2.45, 2.75) is 20.4 Å². The Morgan fingerprint density at radius 2 is 2.04 bits per heavy atom. The van der Waals surface area contributed by atoms with Crippen LogP contribution in [0, 0.1) is 13.8 Å². The summed E-state index contributed by atoms with van der Waals surface area (Å²) in [6.45, 7) is 7.22.